The van der Waals surface area contributed by atoms with E-state index in [0.717, 1.165) is 96.3 Å². The minimum atomic E-state index is -1.63. The number of carbonyl (C=O) groups excluding carboxylic acids is 3. The summed E-state index contributed by atoms with van der Waals surface area (Å²) < 4.78 is 22.8. The van der Waals surface area contributed by atoms with E-state index in [4.69, 9.17) is 18.9 Å². The van der Waals surface area contributed by atoms with Crippen LogP contribution >= 0.6 is 0 Å². The second-order valence-corrected chi connectivity index (χ2v) is 24.4. The molecular weight excluding hydrogens is 1050 g/mol. The fourth-order valence-corrected chi connectivity index (χ4v) is 9.73. The van der Waals surface area contributed by atoms with Gasteiger partial charge in [0.15, 0.2) is 12.4 Å². The number of quaternary nitrogens is 1. The lowest BCUT2D eigenvalue weighted by Crippen LogP contribution is -2.44. The maximum Gasteiger partial charge on any atom is 0.306 e. The second-order valence-electron chi connectivity index (χ2n) is 24.4. The van der Waals surface area contributed by atoms with Gasteiger partial charge in [0.05, 0.1) is 40.3 Å². The summed E-state index contributed by atoms with van der Waals surface area (Å²) in [5.74, 6) is -2.28. The van der Waals surface area contributed by atoms with Crippen LogP contribution in [0.2, 0.25) is 0 Å². The molecule has 0 aliphatic rings. The molecule has 0 heterocycles. The zero-order valence-electron chi connectivity index (χ0n) is 55.7. The number of aliphatic carboxylic acids is 1. The summed E-state index contributed by atoms with van der Waals surface area (Å²) in [6.07, 6.45) is 88.9. The van der Waals surface area contributed by atoms with Gasteiger partial charge in [0.25, 0.3) is 0 Å². The summed E-state index contributed by atoms with van der Waals surface area (Å²) in [7, 11) is 5.93. The van der Waals surface area contributed by atoms with Gasteiger partial charge >= 0.3 is 11.9 Å². The van der Waals surface area contributed by atoms with Crippen LogP contribution in [0.15, 0.2) is 109 Å². The number of carboxylic acid groups (broad SMARTS) is 1. The molecule has 0 aromatic heterocycles. The zero-order valence-corrected chi connectivity index (χ0v) is 55.7. The first-order valence-electron chi connectivity index (χ1n) is 35.0. The van der Waals surface area contributed by atoms with Crippen molar-refractivity contribution in [3.8, 4) is 0 Å². The lowest BCUT2D eigenvalue weighted by atomic mass is 10.0. The molecule has 0 aliphatic carbocycles. The van der Waals surface area contributed by atoms with Crippen LogP contribution in [-0.2, 0) is 33.3 Å². The van der Waals surface area contributed by atoms with E-state index in [1.54, 1.807) is 0 Å². The average molecular weight is 1190 g/mol. The molecule has 0 rings (SSSR count). The van der Waals surface area contributed by atoms with E-state index in [-0.39, 0.29) is 38.6 Å². The summed E-state index contributed by atoms with van der Waals surface area (Å²) >= 11 is 0. The van der Waals surface area contributed by atoms with Crippen molar-refractivity contribution in [1.82, 2.24) is 0 Å². The van der Waals surface area contributed by atoms with Gasteiger partial charge in [0.1, 0.15) is 13.2 Å². The Morgan fingerprint density at radius 2 is 0.635 bits per heavy atom. The number of carbonyl (C=O) groups is 3. The van der Waals surface area contributed by atoms with E-state index in [9.17, 15) is 19.5 Å². The Morgan fingerprint density at radius 1 is 0.353 bits per heavy atom. The van der Waals surface area contributed by atoms with Crippen molar-refractivity contribution >= 4 is 17.9 Å². The molecule has 85 heavy (non-hydrogen) atoms. The summed E-state index contributed by atoms with van der Waals surface area (Å²) in [6.45, 7) is 4.54. The highest BCUT2D eigenvalue weighted by atomic mass is 16.7. The predicted molar refractivity (Wildman–Crippen MR) is 361 cm³/mol. The van der Waals surface area contributed by atoms with Crippen LogP contribution in [0.4, 0.5) is 0 Å². The first-order chi connectivity index (χ1) is 41.6. The maximum absolute atomic E-state index is 12.9. The van der Waals surface area contributed by atoms with Crippen LogP contribution in [0, 0.1) is 0 Å². The van der Waals surface area contributed by atoms with Gasteiger partial charge in [-0.25, -0.2) is 0 Å². The van der Waals surface area contributed by atoms with Crippen molar-refractivity contribution in [2.24, 2.45) is 0 Å². The molecule has 0 aromatic rings. The predicted octanol–water partition coefficient (Wildman–Crippen LogP) is 20.5. The number of allylic oxidation sites excluding steroid dienone is 18. The first kappa shape index (κ1) is 81.0. The number of likely N-dealkylation sites (N-methyl/N-ethyl adjacent to an activating group) is 1. The van der Waals surface area contributed by atoms with Gasteiger partial charge in [0.2, 0.25) is 0 Å². The van der Waals surface area contributed by atoms with Gasteiger partial charge in [-0.2, -0.15) is 0 Å². The molecule has 0 radical (unpaired) electrons. The van der Waals surface area contributed by atoms with Crippen molar-refractivity contribution in [2.45, 2.75) is 309 Å². The second kappa shape index (κ2) is 65.9. The highest BCUT2D eigenvalue weighted by Gasteiger charge is 2.22. The Hall–Kier alpha value is -4.05. The molecule has 0 fully saturated rings. The van der Waals surface area contributed by atoms with E-state index in [0.29, 0.717) is 17.4 Å². The van der Waals surface area contributed by atoms with Gasteiger partial charge < -0.3 is 33.3 Å². The van der Waals surface area contributed by atoms with Crippen molar-refractivity contribution in [2.75, 3.05) is 47.5 Å². The molecule has 2 unspecified atom stereocenters. The van der Waals surface area contributed by atoms with Crippen LogP contribution in [0.5, 0.6) is 0 Å². The third-order valence-electron chi connectivity index (χ3n) is 15.0. The third-order valence-corrected chi connectivity index (χ3v) is 15.0. The normalized spacial score (nSPS) is 13.4. The van der Waals surface area contributed by atoms with Gasteiger partial charge in [-0.3, -0.25) is 9.59 Å². The van der Waals surface area contributed by atoms with E-state index in [1.165, 1.54) is 167 Å². The first-order valence-corrected chi connectivity index (χ1v) is 35.0. The highest BCUT2D eigenvalue weighted by molar-refractivity contribution is 5.70. The molecule has 0 saturated carbocycles. The Kier molecular flexibility index (Phi) is 62.8. The molecule has 0 aliphatic heterocycles. The summed E-state index contributed by atoms with van der Waals surface area (Å²) in [5, 5.41) is 11.8. The summed E-state index contributed by atoms with van der Waals surface area (Å²) in [4.78, 5) is 37.5. The lowest BCUT2D eigenvalue weighted by Gasteiger charge is -2.26. The SMILES string of the molecule is CC/C=C\C/C=C\C/C=C\C/C=C\C/C=C\CCCCCCCCCCCCCCCCCCCCCCCC(=O)OC(COC(=O)CCCCCCCCCCCC/C=C\C/C=C\C/C=C\C/C=C\CC)COC(OCC[N+](C)(C)C)C(=O)[O-]. The number of hydrogen-bond donors (Lipinski definition) is 0. The van der Waals surface area contributed by atoms with Crippen molar-refractivity contribution in [1.29, 1.82) is 0 Å². The molecular formula is C76H131NO8. The molecule has 9 heteroatoms. The largest absolute Gasteiger partial charge is 0.545 e. The van der Waals surface area contributed by atoms with Gasteiger partial charge in [-0.15, -0.1) is 0 Å². The average Bonchev–Trinajstić information content (AvgIpc) is 3.48. The minimum absolute atomic E-state index is 0.144. The number of unbranched alkanes of at least 4 members (excludes halogenated alkanes) is 31. The molecule has 488 valence electrons. The number of carboxylic acids is 1. The molecule has 0 aromatic carbocycles. The van der Waals surface area contributed by atoms with Crippen molar-refractivity contribution in [3.05, 3.63) is 109 Å². The Labute approximate surface area is 524 Å². The quantitative estimate of drug-likeness (QED) is 0.0195. The molecule has 0 spiro atoms. The lowest BCUT2D eigenvalue weighted by molar-refractivity contribution is -0.870. The standard InChI is InChI=1S/C76H131NO8/c1-6-8-10-12-14-16-18-20-22-24-26-28-30-31-32-33-34-35-36-37-38-39-40-41-42-43-45-47-49-51-53-55-57-59-61-63-65-67-74(79)85-72(71-84-76(75(80)81)82-69-68-77(3,4)5)70-83-73(78)66-64-62-60-58-56-54-52-50-48-46-44-29-27-25-23-21-19-17-15-13-11-9-7-2/h8-11,14-17,20-23,26-29,31-32,72,76H,6-7,12-13,18-19,24-25,30,33-71H2,1-5H3/b10-8-,11-9-,16-14-,17-15-,22-20-,23-21-,28-26-,29-27-,32-31-. The molecule has 0 N–H and O–H groups in total. The fourth-order valence-electron chi connectivity index (χ4n) is 9.73. The number of ether oxygens (including phenoxy) is 4. The molecule has 0 bridgehead atoms. The fraction of sp³-hybridized carbons (Fsp3) is 0.724. The smallest absolute Gasteiger partial charge is 0.306 e. The summed E-state index contributed by atoms with van der Waals surface area (Å²) in [5.41, 5.74) is 0. The van der Waals surface area contributed by atoms with E-state index in [2.05, 4.69) is 123 Å². The van der Waals surface area contributed by atoms with Gasteiger partial charge in [-0.1, -0.05) is 297 Å². The number of hydrogen-bond acceptors (Lipinski definition) is 8. The van der Waals surface area contributed by atoms with Crippen LogP contribution in [0.3, 0.4) is 0 Å². The highest BCUT2D eigenvalue weighted by Crippen LogP contribution is 2.18. The van der Waals surface area contributed by atoms with E-state index >= 15 is 0 Å². The molecule has 2 atom stereocenters. The van der Waals surface area contributed by atoms with Crippen LogP contribution < -0.4 is 5.11 Å². The summed E-state index contributed by atoms with van der Waals surface area (Å²) in [6, 6.07) is 0. The molecule has 9 nitrogen and oxygen atoms in total. The van der Waals surface area contributed by atoms with Crippen molar-refractivity contribution < 1.29 is 42.9 Å². The molecule has 0 amide bonds. The third kappa shape index (κ3) is 67.3. The maximum atomic E-state index is 12.9. The van der Waals surface area contributed by atoms with Crippen LogP contribution in [0.25, 0.3) is 0 Å². The number of rotatable bonds is 64. The topological polar surface area (TPSA) is 111 Å². The molecule has 0 saturated heterocycles. The number of esters is 2. The van der Waals surface area contributed by atoms with Crippen LogP contribution in [0.1, 0.15) is 296 Å². The number of nitrogens with zero attached hydrogens (tertiary/aromatic N) is 1. The Bertz CT molecular complexity index is 1760. The minimum Gasteiger partial charge on any atom is -0.545 e. The van der Waals surface area contributed by atoms with Gasteiger partial charge in [-0.05, 0) is 96.3 Å². The zero-order chi connectivity index (χ0) is 61.9. The van der Waals surface area contributed by atoms with E-state index in [1.807, 2.05) is 21.1 Å². The Morgan fingerprint density at radius 3 is 0.941 bits per heavy atom. The van der Waals surface area contributed by atoms with Gasteiger partial charge in [0, 0.05) is 12.8 Å². The van der Waals surface area contributed by atoms with Crippen molar-refractivity contribution in [3.63, 3.8) is 0 Å². The Balaban J connectivity index is 4.06. The van der Waals surface area contributed by atoms with E-state index < -0.39 is 24.3 Å². The monoisotopic (exact) mass is 1190 g/mol. The van der Waals surface area contributed by atoms with Crippen LogP contribution in [-0.4, -0.2) is 82.3 Å².